The van der Waals surface area contributed by atoms with Crippen LogP contribution in [0.15, 0.2) is 12.1 Å². The number of aromatic carboxylic acids is 1. The van der Waals surface area contributed by atoms with Crippen LogP contribution >= 0.6 is 0 Å². The van der Waals surface area contributed by atoms with E-state index in [9.17, 15) is 27.5 Å². The highest BCUT2D eigenvalue weighted by atomic mass is 19.4. The number of hydrogen-bond donors (Lipinski definition) is 1. The van der Waals surface area contributed by atoms with Gasteiger partial charge >= 0.3 is 12.1 Å². The quantitative estimate of drug-likeness (QED) is 0.701. The van der Waals surface area contributed by atoms with E-state index < -0.39 is 23.9 Å². The molecule has 2 atom stereocenters. The van der Waals surface area contributed by atoms with Crippen LogP contribution in [0.3, 0.4) is 0 Å². The third-order valence-electron chi connectivity index (χ3n) is 6.26. The average Bonchev–Trinajstić information content (AvgIpc) is 3.53. The van der Waals surface area contributed by atoms with Gasteiger partial charge in [-0.3, -0.25) is 0 Å². The van der Waals surface area contributed by atoms with Crippen molar-refractivity contribution in [1.29, 1.82) is 0 Å². The highest BCUT2D eigenvalue weighted by Crippen LogP contribution is 2.45. The second kappa shape index (κ2) is 8.34. The first-order valence-corrected chi connectivity index (χ1v) is 10.5. The van der Waals surface area contributed by atoms with E-state index in [2.05, 4.69) is 0 Å². The van der Waals surface area contributed by atoms with E-state index in [-0.39, 0.29) is 30.6 Å². The summed E-state index contributed by atoms with van der Waals surface area (Å²) in [5, 5.41) is 12.9. The van der Waals surface area contributed by atoms with Gasteiger partial charge in [-0.2, -0.15) is 13.2 Å². The van der Waals surface area contributed by atoms with Crippen molar-refractivity contribution in [3.8, 4) is 5.75 Å². The number of carboxylic acid groups (broad SMARTS) is 1. The van der Waals surface area contributed by atoms with Crippen molar-refractivity contribution in [2.75, 3.05) is 26.2 Å². The van der Waals surface area contributed by atoms with Crippen LogP contribution in [0.4, 0.5) is 17.6 Å². The molecule has 0 radical (unpaired) electrons. The smallest absolute Gasteiger partial charge is 0.393 e. The van der Waals surface area contributed by atoms with E-state index in [1.807, 2.05) is 5.01 Å². The maximum Gasteiger partial charge on any atom is 0.393 e. The molecule has 2 saturated heterocycles. The third-order valence-corrected chi connectivity index (χ3v) is 6.26. The number of hydrazine groups is 1. The van der Waals surface area contributed by atoms with Gasteiger partial charge in [0.2, 0.25) is 0 Å². The molecule has 1 N–H and O–H groups in total. The van der Waals surface area contributed by atoms with E-state index in [1.165, 1.54) is 6.07 Å². The summed E-state index contributed by atoms with van der Waals surface area (Å²) < 4.78 is 59.8. The molecule has 1 aliphatic carbocycles. The number of carbonyl (C=O) groups is 1. The van der Waals surface area contributed by atoms with E-state index >= 15 is 0 Å². The Morgan fingerprint density at radius 2 is 1.70 bits per heavy atom. The average molecular weight is 430 g/mol. The van der Waals surface area contributed by atoms with Gasteiger partial charge < -0.3 is 9.84 Å². The number of carboxylic acids is 1. The Kier molecular flexibility index (Phi) is 5.94. The highest BCUT2D eigenvalue weighted by molar-refractivity contribution is 5.88. The van der Waals surface area contributed by atoms with E-state index in [0.29, 0.717) is 37.4 Å². The molecule has 3 aliphatic rings. The monoisotopic (exact) mass is 430 g/mol. The van der Waals surface area contributed by atoms with Gasteiger partial charge in [0.15, 0.2) is 0 Å². The molecule has 9 heteroatoms. The Balaban J connectivity index is 1.46. The summed E-state index contributed by atoms with van der Waals surface area (Å²) in [5.41, 5.74) is 0.349. The highest BCUT2D eigenvalue weighted by Gasteiger charge is 2.43. The summed E-state index contributed by atoms with van der Waals surface area (Å²) in [7, 11) is 0. The lowest BCUT2D eigenvalue weighted by molar-refractivity contribution is -0.205. The van der Waals surface area contributed by atoms with E-state index in [0.717, 1.165) is 31.7 Å². The van der Waals surface area contributed by atoms with Crippen LogP contribution in [0.25, 0.3) is 0 Å². The van der Waals surface area contributed by atoms with Gasteiger partial charge in [-0.15, -0.1) is 0 Å². The number of rotatable bonds is 5. The van der Waals surface area contributed by atoms with Gasteiger partial charge in [0.05, 0.1) is 18.0 Å². The van der Waals surface area contributed by atoms with Gasteiger partial charge in [-0.05, 0) is 56.1 Å². The van der Waals surface area contributed by atoms with Crippen molar-refractivity contribution in [2.45, 2.75) is 56.7 Å². The second-order valence-electron chi connectivity index (χ2n) is 8.54. The van der Waals surface area contributed by atoms with Crippen LogP contribution in [0.5, 0.6) is 5.75 Å². The van der Waals surface area contributed by atoms with Crippen molar-refractivity contribution < 1.29 is 32.2 Å². The van der Waals surface area contributed by atoms with Crippen LogP contribution in [0, 0.1) is 11.7 Å². The molecule has 5 nitrogen and oxygen atoms in total. The summed E-state index contributed by atoms with van der Waals surface area (Å²) in [6.45, 7) is 1.67. The maximum absolute atomic E-state index is 14.3. The molecule has 2 heterocycles. The van der Waals surface area contributed by atoms with E-state index in [1.54, 1.807) is 5.01 Å². The maximum atomic E-state index is 14.3. The lowest BCUT2D eigenvalue weighted by Gasteiger charge is -2.44. The molecule has 4 rings (SSSR count). The zero-order valence-electron chi connectivity index (χ0n) is 16.6. The number of alkyl halides is 3. The predicted molar refractivity (Wildman–Crippen MR) is 101 cm³/mol. The predicted octanol–water partition coefficient (Wildman–Crippen LogP) is 4.43. The number of nitrogens with zero attached hydrogens (tertiary/aromatic N) is 2. The number of piperidine rings is 2. The molecule has 3 fully saturated rings. The fourth-order valence-electron chi connectivity index (χ4n) is 4.48. The van der Waals surface area contributed by atoms with Crippen LogP contribution in [-0.4, -0.2) is 59.6 Å². The number of halogens is 4. The fourth-order valence-corrected chi connectivity index (χ4v) is 4.48. The second-order valence-corrected chi connectivity index (χ2v) is 8.54. The number of benzene rings is 1. The summed E-state index contributed by atoms with van der Waals surface area (Å²) in [6, 6.07) is 2.51. The largest absolute Gasteiger partial charge is 0.489 e. The first-order chi connectivity index (χ1) is 14.2. The van der Waals surface area contributed by atoms with Crippen molar-refractivity contribution in [3.05, 3.63) is 29.1 Å². The molecule has 2 aliphatic heterocycles. The lowest BCUT2D eigenvalue weighted by Crippen LogP contribution is -2.55. The molecule has 1 aromatic rings. The molecule has 0 amide bonds. The lowest BCUT2D eigenvalue weighted by atomic mass is 9.98. The van der Waals surface area contributed by atoms with Crippen molar-refractivity contribution in [2.24, 2.45) is 5.92 Å². The van der Waals surface area contributed by atoms with Gasteiger partial charge in [0.25, 0.3) is 0 Å². The van der Waals surface area contributed by atoms with E-state index in [4.69, 9.17) is 4.74 Å². The van der Waals surface area contributed by atoms with Crippen molar-refractivity contribution in [1.82, 2.24) is 10.0 Å². The van der Waals surface area contributed by atoms with Crippen molar-refractivity contribution >= 4 is 5.97 Å². The summed E-state index contributed by atoms with van der Waals surface area (Å²) >= 11 is 0. The standard InChI is InChI=1S/C21H26F4N2O3/c22-18-10-19(16(13-5-6-13)9-17(18)20(28)29)30-15-4-2-8-27(12-15)26-7-1-3-14(11-26)21(23,24)25/h9-10,13-15H,1-8,11-12H2,(H,28,29)/t14-,15-/m1/s1. The zero-order chi connectivity index (χ0) is 21.5. The normalized spacial score (nSPS) is 26.5. The molecule has 30 heavy (non-hydrogen) atoms. The topological polar surface area (TPSA) is 53.0 Å². The van der Waals surface area contributed by atoms with Crippen LogP contribution in [-0.2, 0) is 0 Å². The van der Waals surface area contributed by atoms with Gasteiger partial charge in [-0.1, -0.05) is 0 Å². The van der Waals surface area contributed by atoms with Crippen LogP contribution in [0.1, 0.15) is 60.4 Å². The Labute approximate surface area is 172 Å². The van der Waals surface area contributed by atoms with Crippen LogP contribution in [0.2, 0.25) is 0 Å². The zero-order valence-corrected chi connectivity index (χ0v) is 16.6. The molecule has 1 aromatic carbocycles. The molecular formula is C21H26F4N2O3. The first-order valence-electron chi connectivity index (χ1n) is 10.5. The summed E-state index contributed by atoms with van der Waals surface area (Å²) in [4.78, 5) is 11.3. The summed E-state index contributed by atoms with van der Waals surface area (Å²) in [5.74, 6) is -2.92. The Bertz CT molecular complexity index is 797. The Hall–Kier alpha value is -1.87. The van der Waals surface area contributed by atoms with Crippen molar-refractivity contribution in [3.63, 3.8) is 0 Å². The number of ether oxygens (including phenoxy) is 1. The fraction of sp³-hybridized carbons (Fsp3) is 0.667. The molecule has 166 valence electrons. The Morgan fingerprint density at radius 1 is 1.03 bits per heavy atom. The Morgan fingerprint density at radius 3 is 2.33 bits per heavy atom. The van der Waals surface area contributed by atoms with Gasteiger partial charge in [-0.25, -0.2) is 19.2 Å². The SMILES string of the molecule is O=C(O)c1cc(C2CC2)c(O[C@@H]2CCCN(N3CCC[C@@H](C(F)(F)F)C3)C2)cc1F. The number of hydrogen-bond acceptors (Lipinski definition) is 4. The first kappa shape index (κ1) is 21.4. The third kappa shape index (κ3) is 4.72. The summed E-state index contributed by atoms with van der Waals surface area (Å²) in [6.07, 6.45) is -0.501. The molecule has 1 saturated carbocycles. The molecular weight excluding hydrogens is 404 g/mol. The van der Waals surface area contributed by atoms with Gasteiger partial charge in [0, 0.05) is 25.7 Å². The molecule has 0 aromatic heterocycles. The molecule has 0 bridgehead atoms. The molecule has 0 spiro atoms. The van der Waals surface area contributed by atoms with Gasteiger partial charge in [0.1, 0.15) is 17.7 Å². The minimum atomic E-state index is -4.19. The minimum absolute atomic E-state index is 0.0362. The minimum Gasteiger partial charge on any atom is -0.489 e. The van der Waals surface area contributed by atoms with Crippen LogP contribution < -0.4 is 4.74 Å². The molecule has 0 unspecified atom stereocenters.